The minimum absolute atomic E-state index is 0.607. The first-order chi connectivity index (χ1) is 9.59. The predicted octanol–water partition coefficient (Wildman–Crippen LogP) is 3.43. The second-order valence-corrected chi connectivity index (χ2v) is 6.22. The fourth-order valence-electron chi connectivity index (χ4n) is 1.74. The summed E-state index contributed by atoms with van der Waals surface area (Å²) in [6.07, 6.45) is 0. The highest BCUT2D eigenvalue weighted by Gasteiger charge is 2.14. The van der Waals surface area contributed by atoms with Crippen molar-refractivity contribution < 1.29 is 0 Å². The Labute approximate surface area is 139 Å². The van der Waals surface area contributed by atoms with Crippen LogP contribution >= 0.6 is 45.8 Å². The van der Waals surface area contributed by atoms with Gasteiger partial charge >= 0.3 is 11.1 Å². The lowest BCUT2D eigenvalue weighted by molar-refractivity contribution is 1.68. The van der Waals surface area contributed by atoms with Gasteiger partial charge in [-0.15, -0.1) is 0 Å². The first-order valence-corrected chi connectivity index (χ1v) is 7.60. The number of rotatable bonds is 2. The van der Waals surface area contributed by atoms with Crippen LogP contribution in [0.25, 0.3) is 0 Å². The van der Waals surface area contributed by atoms with Gasteiger partial charge in [0.15, 0.2) is 0 Å². The normalized spacial score (nSPS) is 9.60. The Morgan fingerprint density at radius 3 is 1.30 bits per heavy atom. The number of benzene rings is 2. The summed E-state index contributed by atoms with van der Waals surface area (Å²) in [5, 5.41) is 0. The molecule has 6 heteroatoms. The van der Waals surface area contributed by atoms with Crippen molar-refractivity contribution in [1.29, 1.82) is 0 Å². The summed E-state index contributed by atoms with van der Waals surface area (Å²) in [4.78, 5) is 0. The van der Waals surface area contributed by atoms with Gasteiger partial charge in [0.2, 0.25) is 0 Å². The molecule has 2 aromatic rings. The van der Waals surface area contributed by atoms with Crippen LogP contribution in [0.5, 0.6) is 0 Å². The van der Waals surface area contributed by atoms with Crippen LogP contribution < -0.4 is 10.9 Å². The second kappa shape index (κ2) is 7.34. The zero-order valence-electron chi connectivity index (χ0n) is 10.3. The van der Waals surface area contributed by atoms with E-state index in [1.165, 1.54) is 0 Å². The zero-order valence-corrected chi connectivity index (χ0v) is 13.3. The molecule has 0 unspecified atom stereocenters. The van der Waals surface area contributed by atoms with Crippen LogP contribution in [0.3, 0.4) is 0 Å². The average molecular weight is 340 g/mol. The lowest BCUT2D eigenvalue weighted by Crippen LogP contribution is -2.22. The van der Waals surface area contributed by atoms with Gasteiger partial charge in [-0.05, 0) is 23.1 Å². The SMILES string of the molecule is ClB(Cl)c1ccccc1C#Cc1ccccc1B(Cl)Cl. The predicted molar refractivity (Wildman–Crippen MR) is 93.1 cm³/mol. The van der Waals surface area contributed by atoms with Crippen molar-refractivity contribution in [3.8, 4) is 11.8 Å². The molecular formula is C14H8B2Cl4. The van der Waals surface area contributed by atoms with Gasteiger partial charge in [-0.1, -0.05) is 48.2 Å². The minimum atomic E-state index is -0.607. The summed E-state index contributed by atoms with van der Waals surface area (Å²) < 4.78 is 0. The van der Waals surface area contributed by atoms with Crippen molar-refractivity contribution in [1.82, 2.24) is 0 Å². The maximum atomic E-state index is 5.93. The van der Waals surface area contributed by atoms with Gasteiger partial charge in [0.05, 0.1) is 0 Å². The van der Waals surface area contributed by atoms with Gasteiger partial charge in [-0.2, -0.15) is 45.8 Å². The van der Waals surface area contributed by atoms with Crippen LogP contribution in [0, 0.1) is 11.8 Å². The molecule has 0 spiro atoms. The Kier molecular flexibility index (Phi) is 5.75. The molecule has 0 saturated carbocycles. The molecule has 0 nitrogen and oxygen atoms in total. The average Bonchev–Trinajstić information content (AvgIpc) is 2.45. The summed E-state index contributed by atoms with van der Waals surface area (Å²) in [6.45, 7) is 0. The van der Waals surface area contributed by atoms with Crippen LogP contribution in [0.15, 0.2) is 48.5 Å². The molecular weight excluding hydrogens is 332 g/mol. The Morgan fingerprint density at radius 2 is 0.950 bits per heavy atom. The van der Waals surface area contributed by atoms with Gasteiger partial charge in [0.25, 0.3) is 0 Å². The van der Waals surface area contributed by atoms with Crippen molar-refractivity contribution >= 4 is 67.9 Å². The van der Waals surface area contributed by atoms with Crippen molar-refractivity contribution in [3.05, 3.63) is 59.7 Å². The molecule has 0 amide bonds. The highest BCUT2D eigenvalue weighted by atomic mass is 35.5. The van der Waals surface area contributed by atoms with E-state index >= 15 is 0 Å². The summed E-state index contributed by atoms with van der Waals surface area (Å²) in [5.74, 6) is 6.14. The summed E-state index contributed by atoms with van der Waals surface area (Å²) in [6, 6.07) is 15.0. The van der Waals surface area contributed by atoms with E-state index in [1.807, 2.05) is 48.5 Å². The van der Waals surface area contributed by atoms with Gasteiger partial charge in [-0.25, -0.2) is 0 Å². The van der Waals surface area contributed by atoms with Crippen LogP contribution in [-0.4, -0.2) is 11.1 Å². The monoisotopic (exact) mass is 338 g/mol. The fourth-order valence-corrected chi connectivity index (χ4v) is 2.50. The van der Waals surface area contributed by atoms with E-state index < -0.39 is 11.1 Å². The minimum Gasteiger partial charge on any atom is -0.164 e. The van der Waals surface area contributed by atoms with Crippen molar-refractivity contribution in [2.75, 3.05) is 0 Å². The van der Waals surface area contributed by atoms with Gasteiger partial charge in [0.1, 0.15) is 0 Å². The van der Waals surface area contributed by atoms with Crippen LogP contribution in [-0.2, 0) is 0 Å². The summed E-state index contributed by atoms with van der Waals surface area (Å²) in [7, 11) is 0. The maximum absolute atomic E-state index is 5.93. The third-order valence-corrected chi connectivity index (χ3v) is 3.66. The van der Waals surface area contributed by atoms with Crippen molar-refractivity contribution in [2.24, 2.45) is 0 Å². The molecule has 0 bridgehead atoms. The molecule has 0 atom stereocenters. The maximum Gasteiger partial charge on any atom is 0.384 e. The third kappa shape index (κ3) is 3.90. The van der Waals surface area contributed by atoms with Crippen molar-refractivity contribution in [3.63, 3.8) is 0 Å². The molecule has 0 fully saturated rings. The molecule has 2 rings (SSSR count). The summed E-state index contributed by atoms with van der Waals surface area (Å²) in [5.41, 5.74) is 1.94. The van der Waals surface area contributed by atoms with Gasteiger partial charge in [-0.3, -0.25) is 0 Å². The van der Waals surface area contributed by atoms with Gasteiger partial charge in [0, 0.05) is 11.1 Å². The molecule has 0 heterocycles. The number of hydrogen-bond donors (Lipinski definition) is 0. The van der Waals surface area contributed by atoms with E-state index in [2.05, 4.69) is 11.8 Å². The zero-order chi connectivity index (χ0) is 14.5. The molecule has 0 aliphatic rings. The highest BCUT2D eigenvalue weighted by Crippen LogP contribution is 2.05. The topological polar surface area (TPSA) is 0 Å². The molecule has 98 valence electrons. The lowest BCUT2D eigenvalue weighted by Gasteiger charge is -2.03. The second-order valence-electron chi connectivity index (χ2n) is 4.03. The molecule has 0 aliphatic heterocycles. The summed E-state index contributed by atoms with van der Waals surface area (Å²) >= 11 is 23.7. The van der Waals surface area contributed by atoms with E-state index in [9.17, 15) is 0 Å². The molecule has 0 aromatic heterocycles. The van der Waals surface area contributed by atoms with Crippen molar-refractivity contribution in [2.45, 2.75) is 0 Å². The molecule has 0 aliphatic carbocycles. The Bertz CT molecular complexity index is 604. The smallest absolute Gasteiger partial charge is 0.164 e. The van der Waals surface area contributed by atoms with E-state index in [-0.39, 0.29) is 0 Å². The van der Waals surface area contributed by atoms with E-state index in [0.717, 1.165) is 22.1 Å². The van der Waals surface area contributed by atoms with E-state index in [1.54, 1.807) is 0 Å². The third-order valence-electron chi connectivity index (χ3n) is 2.72. The van der Waals surface area contributed by atoms with Gasteiger partial charge < -0.3 is 0 Å². The molecule has 0 N–H and O–H groups in total. The Balaban J connectivity index is 2.42. The quantitative estimate of drug-likeness (QED) is 0.581. The number of hydrogen-bond acceptors (Lipinski definition) is 0. The molecule has 2 aromatic carbocycles. The largest absolute Gasteiger partial charge is 0.384 e. The Morgan fingerprint density at radius 1 is 0.600 bits per heavy atom. The molecule has 20 heavy (non-hydrogen) atoms. The van der Waals surface area contributed by atoms with E-state index in [0.29, 0.717) is 0 Å². The van der Waals surface area contributed by atoms with Crippen LogP contribution in [0.2, 0.25) is 0 Å². The first kappa shape index (κ1) is 15.7. The van der Waals surface area contributed by atoms with Crippen LogP contribution in [0.1, 0.15) is 11.1 Å². The fraction of sp³-hybridized carbons (Fsp3) is 0. The standard InChI is InChI=1S/C14H8B2Cl4/c17-15(18)13-7-3-1-5-11(13)9-10-12-6-2-4-8-14(12)16(19)20/h1-8H. The lowest BCUT2D eigenvalue weighted by atomic mass is 9.86. The molecule has 0 saturated heterocycles. The molecule has 0 radical (unpaired) electrons. The van der Waals surface area contributed by atoms with Crippen LogP contribution in [0.4, 0.5) is 0 Å². The Hall–Kier alpha value is -0.710. The highest BCUT2D eigenvalue weighted by molar-refractivity contribution is 7.40. The van der Waals surface area contributed by atoms with E-state index in [4.69, 9.17) is 45.8 Å². The first-order valence-electron chi connectivity index (χ1n) is 5.85. The number of halogens is 4.